The number of hydrogen-bond donors (Lipinski definition) is 1. The molecule has 9 heteroatoms. The van der Waals surface area contributed by atoms with Gasteiger partial charge in [0.2, 0.25) is 11.8 Å². The standard InChI is InChI=1S/C25H31N3O5S/c1-17(2)15-26-24(30)19(4)27(16-20-9-7-8-18(3)14-20)23(29)12-13-28-25(31)21-10-5-6-11-22(21)34(28,32)33/h5-11,14,17,19H,12-13,15-16H2,1-4H3,(H,26,30)/t19-/m1/s1. The fourth-order valence-corrected chi connectivity index (χ4v) is 5.40. The Morgan fingerprint density at radius 3 is 2.41 bits per heavy atom. The Morgan fingerprint density at radius 2 is 1.76 bits per heavy atom. The monoisotopic (exact) mass is 485 g/mol. The average molecular weight is 486 g/mol. The lowest BCUT2D eigenvalue weighted by Crippen LogP contribution is -2.49. The maximum absolute atomic E-state index is 13.3. The zero-order valence-electron chi connectivity index (χ0n) is 19.9. The molecule has 3 amide bonds. The Kier molecular flexibility index (Phi) is 7.76. The van der Waals surface area contributed by atoms with Crippen molar-refractivity contribution in [3.63, 3.8) is 0 Å². The highest BCUT2D eigenvalue weighted by Gasteiger charge is 2.41. The zero-order chi connectivity index (χ0) is 25.0. The van der Waals surface area contributed by atoms with Crippen LogP contribution in [-0.2, 0) is 26.2 Å². The molecular weight excluding hydrogens is 454 g/mol. The summed E-state index contributed by atoms with van der Waals surface area (Å²) in [5.41, 5.74) is 1.98. The number of benzene rings is 2. The van der Waals surface area contributed by atoms with Crippen molar-refractivity contribution in [1.82, 2.24) is 14.5 Å². The van der Waals surface area contributed by atoms with Gasteiger partial charge in [-0.05, 0) is 37.5 Å². The predicted octanol–water partition coefficient (Wildman–Crippen LogP) is 2.72. The lowest BCUT2D eigenvalue weighted by molar-refractivity contribution is -0.140. The van der Waals surface area contributed by atoms with Gasteiger partial charge in [-0.1, -0.05) is 55.8 Å². The second-order valence-corrected chi connectivity index (χ2v) is 10.8. The van der Waals surface area contributed by atoms with Gasteiger partial charge in [0.25, 0.3) is 15.9 Å². The highest BCUT2D eigenvalue weighted by molar-refractivity contribution is 7.90. The van der Waals surface area contributed by atoms with Crippen LogP contribution in [0.5, 0.6) is 0 Å². The normalized spacial score (nSPS) is 15.2. The third-order valence-corrected chi connectivity index (χ3v) is 7.57. The highest BCUT2D eigenvalue weighted by Crippen LogP contribution is 2.30. The predicted molar refractivity (Wildman–Crippen MR) is 128 cm³/mol. The molecule has 0 radical (unpaired) electrons. The van der Waals surface area contributed by atoms with Crippen molar-refractivity contribution >= 4 is 27.7 Å². The van der Waals surface area contributed by atoms with E-state index in [1.54, 1.807) is 19.1 Å². The van der Waals surface area contributed by atoms with Gasteiger partial charge in [0.15, 0.2) is 0 Å². The third kappa shape index (κ3) is 5.47. The van der Waals surface area contributed by atoms with Crippen LogP contribution >= 0.6 is 0 Å². The van der Waals surface area contributed by atoms with E-state index in [2.05, 4.69) is 5.32 Å². The maximum atomic E-state index is 13.3. The largest absolute Gasteiger partial charge is 0.354 e. The number of fused-ring (bicyclic) bond motifs is 1. The summed E-state index contributed by atoms with van der Waals surface area (Å²) >= 11 is 0. The van der Waals surface area contributed by atoms with Crippen molar-refractivity contribution in [2.24, 2.45) is 5.92 Å². The minimum absolute atomic E-state index is 0.0505. The van der Waals surface area contributed by atoms with E-state index in [9.17, 15) is 22.8 Å². The number of hydrogen-bond acceptors (Lipinski definition) is 5. The topological polar surface area (TPSA) is 104 Å². The second kappa shape index (κ2) is 10.4. The lowest BCUT2D eigenvalue weighted by Gasteiger charge is -2.29. The van der Waals surface area contributed by atoms with Crippen LogP contribution in [0.15, 0.2) is 53.4 Å². The van der Waals surface area contributed by atoms with Crippen molar-refractivity contribution in [3.8, 4) is 0 Å². The summed E-state index contributed by atoms with van der Waals surface area (Å²) in [6.45, 7) is 7.93. The minimum Gasteiger partial charge on any atom is -0.354 e. The molecule has 2 aromatic carbocycles. The summed E-state index contributed by atoms with van der Waals surface area (Å²) in [5.74, 6) is -1.08. The van der Waals surface area contributed by atoms with E-state index in [4.69, 9.17) is 0 Å². The molecule has 8 nitrogen and oxygen atoms in total. The zero-order valence-corrected chi connectivity index (χ0v) is 20.8. The molecule has 1 heterocycles. The number of rotatable bonds is 9. The van der Waals surface area contributed by atoms with Gasteiger partial charge in [0.1, 0.15) is 10.9 Å². The number of aryl methyl sites for hydroxylation is 1. The molecule has 1 aliphatic heterocycles. The molecule has 0 aromatic heterocycles. The van der Waals surface area contributed by atoms with Gasteiger partial charge in [0, 0.05) is 26.1 Å². The third-order valence-electron chi connectivity index (χ3n) is 5.73. The number of carbonyl (C=O) groups is 3. The molecular formula is C25H31N3O5S. The van der Waals surface area contributed by atoms with Crippen LogP contribution in [0.4, 0.5) is 0 Å². The van der Waals surface area contributed by atoms with Gasteiger partial charge in [-0.15, -0.1) is 0 Å². The van der Waals surface area contributed by atoms with E-state index < -0.39 is 27.9 Å². The quantitative estimate of drug-likeness (QED) is 0.588. The summed E-state index contributed by atoms with van der Waals surface area (Å²) in [7, 11) is -4.00. The smallest absolute Gasteiger partial charge is 0.269 e. The molecule has 0 spiro atoms. The second-order valence-electron chi connectivity index (χ2n) is 8.95. The Morgan fingerprint density at radius 1 is 1.06 bits per heavy atom. The molecule has 0 saturated heterocycles. The highest BCUT2D eigenvalue weighted by atomic mass is 32.2. The van der Waals surface area contributed by atoms with Gasteiger partial charge in [-0.2, -0.15) is 0 Å². The Labute approximate surface area is 201 Å². The Balaban J connectivity index is 1.78. The molecule has 0 saturated carbocycles. The maximum Gasteiger partial charge on any atom is 0.269 e. The van der Waals surface area contributed by atoms with Crippen LogP contribution in [0.25, 0.3) is 0 Å². The minimum atomic E-state index is -4.00. The first-order valence-electron chi connectivity index (χ1n) is 11.3. The average Bonchev–Trinajstić information content (AvgIpc) is 2.99. The van der Waals surface area contributed by atoms with E-state index in [0.29, 0.717) is 6.54 Å². The molecule has 1 N–H and O–H groups in total. The summed E-state index contributed by atoms with van der Waals surface area (Å²) < 4.78 is 26.4. The summed E-state index contributed by atoms with van der Waals surface area (Å²) in [4.78, 5) is 40.1. The van der Waals surface area contributed by atoms with Gasteiger partial charge in [-0.3, -0.25) is 14.4 Å². The van der Waals surface area contributed by atoms with Crippen LogP contribution < -0.4 is 5.32 Å². The molecule has 0 fully saturated rings. The van der Waals surface area contributed by atoms with Crippen molar-refractivity contribution in [2.45, 2.75) is 51.6 Å². The van der Waals surface area contributed by atoms with Crippen LogP contribution in [-0.4, -0.2) is 54.5 Å². The number of sulfonamides is 1. The van der Waals surface area contributed by atoms with Crippen molar-refractivity contribution in [3.05, 3.63) is 65.2 Å². The van der Waals surface area contributed by atoms with E-state index in [0.717, 1.165) is 15.4 Å². The fourth-order valence-electron chi connectivity index (χ4n) is 3.84. The van der Waals surface area contributed by atoms with Crippen molar-refractivity contribution in [2.75, 3.05) is 13.1 Å². The Hall–Kier alpha value is -3.20. The van der Waals surface area contributed by atoms with Gasteiger partial charge in [0.05, 0.1) is 5.56 Å². The van der Waals surface area contributed by atoms with E-state index in [1.807, 2.05) is 45.0 Å². The molecule has 182 valence electrons. The number of amides is 3. The molecule has 0 bridgehead atoms. The first-order valence-corrected chi connectivity index (χ1v) is 12.7. The molecule has 1 aliphatic rings. The number of nitrogens with one attached hydrogen (secondary N) is 1. The summed E-state index contributed by atoms with van der Waals surface area (Å²) in [6, 6.07) is 12.9. The fraction of sp³-hybridized carbons (Fsp3) is 0.400. The molecule has 0 unspecified atom stereocenters. The number of carbonyl (C=O) groups excluding carboxylic acids is 3. The van der Waals surface area contributed by atoms with Crippen molar-refractivity contribution in [1.29, 1.82) is 0 Å². The van der Waals surface area contributed by atoms with Crippen LogP contribution in [0.3, 0.4) is 0 Å². The van der Waals surface area contributed by atoms with Crippen LogP contribution in [0.1, 0.15) is 48.7 Å². The molecule has 1 atom stereocenters. The van der Waals surface area contributed by atoms with E-state index >= 15 is 0 Å². The van der Waals surface area contributed by atoms with E-state index in [-0.39, 0.29) is 41.8 Å². The summed E-state index contributed by atoms with van der Waals surface area (Å²) in [5, 5.41) is 2.85. The van der Waals surface area contributed by atoms with Gasteiger partial charge >= 0.3 is 0 Å². The van der Waals surface area contributed by atoms with E-state index in [1.165, 1.54) is 17.0 Å². The molecule has 0 aliphatic carbocycles. The van der Waals surface area contributed by atoms with Crippen LogP contribution in [0, 0.1) is 12.8 Å². The SMILES string of the molecule is Cc1cccc(CN(C(=O)CCN2C(=O)c3ccccc3S2(=O)=O)[C@H](C)C(=O)NCC(C)C)c1. The summed E-state index contributed by atoms with van der Waals surface area (Å²) in [6.07, 6.45) is -0.230. The van der Waals surface area contributed by atoms with Gasteiger partial charge in [-0.25, -0.2) is 12.7 Å². The molecule has 34 heavy (non-hydrogen) atoms. The Bertz CT molecular complexity index is 1190. The lowest BCUT2D eigenvalue weighted by atomic mass is 10.1. The van der Waals surface area contributed by atoms with Crippen LogP contribution in [0.2, 0.25) is 0 Å². The first kappa shape index (κ1) is 25.4. The first-order chi connectivity index (χ1) is 16.0. The van der Waals surface area contributed by atoms with Gasteiger partial charge < -0.3 is 10.2 Å². The number of nitrogens with zero attached hydrogens (tertiary/aromatic N) is 2. The molecule has 3 rings (SSSR count). The molecule has 2 aromatic rings. The van der Waals surface area contributed by atoms with Crippen molar-refractivity contribution < 1.29 is 22.8 Å².